The molecule has 0 aliphatic carbocycles. The van der Waals surface area contributed by atoms with Crippen LogP contribution in [0.4, 0.5) is 10.1 Å². The SMILES string of the molecule is CSc1ncccc1C(=O)N1CCN(c2ccc(C(C)=O)cc2F)CC1. The molecule has 0 atom stereocenters. The highest BCUT2D eigenvalue weighted by Crippen LogP contribution is 2.24. The van der Waals surface area contributed by atoms with Gasteiger partial charge in [-0.05, 0) is 43.5 Å². The van der Waals surface area contributed by atoms with Crippen LogP contribution in [0.5, 0.6) is 0 Å². The molecule has 0 radical (unpaired) electrons. The first-order chi connectivity index (χ1) is 12.5. The van der Waals surface area contributed by atoms with E-state index in [-0.39, 0.29) is 11.7 Å². The highest BCUT2D eigenvalue weighted by molar-refractivity contribution is 7.98. The van der Waals surface area contributed by atoms with Crippen LogP contribution in [0.25, 0.3) is 0 Å². The van der Waals surface area contributed by atoms with Gasteiger partial charge in [0.25, 0.3) is 5.91 Å². The smallest absolute Gasteiger partial charge is 0.256 e. The summed E-state index contributed by atoms with van der Waals surface area (Å²) in [5.74, 6) is -0.615. The Morgan fingerprint density at radius 2 is 1.88 bits per heavy atom. The normalized spacial score (nSPS) is 14.4. The molecule has 0 bridgehead atoms. The number of thioether (sulfide) groups is 1. The summed E-state index contributed by atoms with van der Waals surface area (Å²) in [6.45, 7) is 3.51. The van der Waals surface area contributed by atoms with Gasteiger partial charge in [0.05, 0.1) is 11.3 Å². The Labute approximate surface area is 156 Å². The Kier molecular flexibility index (Phi) is 5.56. The number of piperazine rings is 1. The van der Waals surface area contributed by atoms with Crippen molar-refractivity contribution in [2.24, 2.45) is 0 Å². The number of amides is 1. The number of hydrogen-bond donors (Lipinski definition) is 0. The van der Waals surface area contributed by atoms with Gasteiger partial charge in [-0.2, -0.15) is 0 Å². The molecule has 0 spiro atoms. The largest absolute Gasteiger partial charge is 0.366 e. The Hall–Kier alpha value is -2.41. The Bertz CT molecular complexity index is 835. The van der Waals surface area contributed by atoms with Gasteiger partial charge in [0.2, 0.25) is 0 Å². The average Bonchev–Trinajstić information content (AvgIpc) is 2.67. The molecule has 136 valence electrons. The van der Waals surface area contributed by atoms with E-state index in [1.807, 2.05) is 11.2 Å². The van der Waals surface area contributed by atoms with Gasteiger partial charge in [0.1, 0.15) is 10.8 Å². The zero-order chi connectivity index (χ0) is 18.7. The molecule has 0 unspecified atom stereocenters. The number of ketones is 1. The first-order valence-electron chi connectivity index (χ1n) is 8.35. The highest BCUT2D eigenvalue weighted by Gasteiger charge is 2.25. The van der Waals surface area contributed by atoms with E-state index in [9.17, 15) is 14.0 Å². The van der Waals surface area contributed by atoms with E-state index in [0.717, 1.165) is 0 Å². The Morgan fingerprint density at radius 3 is 2.50 bits per heavy atom. The summed E-state index contributed by atoms with van der Waals surface area (Å²) in [5, 5.41) is 0.714. The third-order valence-electron chi connectivity index (χ3n) is 4.46. The van der Waals surface area contributed by atoms with Crippen LogP contribution in [-0.4, -0.2) is 54.0 Å². The Morgan fingerprint density at radius 1 is 1.15 bits per heavy atom. The first-order valence-corrected chi connectivity index (χ1v) is 9.57. The molecule has 1 aromatic heterocycles. The molecule has 1 amide bonds. The molecule has 1 saturated heterocycles. The van der Waals surface area contributed by atoms with Crippen molar-refractivity contribution in [2.75, 3.05) is 37.3 Å². The summed E-state index contributed by atoms with van der Waals surface area (Å²) in [6.07, 6.45) is 3.57. The lowest BCUT2D eigenvalue weighted by Gasteiger charge is -2.36. The monoisotopic (exact) mass is 373 g/mol. The maximum atomic E-state index is 14.3. The number of pyridine rings is 1. The molecule has 1 aliphatic heterocycles. The second kappa shape index (κ2) is 7.86. The topological polar surface area (TPSA) is 53.5 Å². The van der Waals surface area contributed by atoms with Gasteiger partial charge in [0, 0.05) is 37.9 Å². The Balaban J connectivity index is 1.69. The van der Waals surface area contributed by atoms with Crippen molar-refractivity contribution in [3.63, 3.8) is 0 Å². The average molecular weight is 373 g/mol. The van der Waals surface area contributed by atoms with E-state index >= 15 is 0 Å². The molecule has 2 aromatic rings. The van der Waals surface area contributed by atoms with Crippen LogP contribution in [0, 0.1) is 5.82 Å². The summed E-state index contributed by atoms with van der Waals surface area (Å²) in [4.78, 5) is 32.0. The minimum Gasteiger partial charge on any atom is -0.366 e. The van der Waals surface area contributed by atoms with E-state index in [2.05, 4.69) is 4.98 Å². The number of aromatic nitrogens is 1. The number of carbonyl (C=O) groups is 2. The molecule has 2 heterocycles. The minimum absolute atomic E-state index is 0.0468. The quantitative estimate of drug-likeness (QED) is 0.609. The molecule has 0 N–H and O–H groups in total. The van der Waals surface area contributed by atoms with E-state index in [0.29, 0.717) is 48.0 Å². The predicted molar refractivity (Wildman–Crippen MR) is 101 cm³/mol. The van der Waals surface area contributed by atoms with E-state index in [4.69, 9.17) is 0 Å². The summed E-state index contributed by atoms with van der Waals surface area (Å²) >= 11 is 1.44. The van der Waals surface area contributed by atoms with Gasteiger partial charge in [-0.1, -0.05) is 0 Å². The van der Waals surface area contributed by atoms with Gasteiger partial charge in [-0.3, -0.25) is 9.59 Å². The number of carbonyl (C=O) groups excluding carboxylic acids is 2. The van der Waals surface area contributed by atoms with Crippen LogP contribution in [-0.2, 0) is 0 Å². The second-order valence-corrected chi connectivity index (χ2v) is 6.86. The van der Waals surface area contributed by atoms with Crippen molar-refractivity contribution in [1.82, 2.24) is 9.88 Å². The zero-order valence-electron chi connectivity index (χ0n) is 14.7. The third-order valence-corrected chi connectivity index (χ3v) is 5.17. The summed E-state index contributed by atoms with van der Waals surface area (Å²) < 4.78 is 14.3. The highest BCUT2D eigenvalue weighted by atomic mass is 32.2. The minimum atomic E-state index is -0.408. The third kappa shape index (κ3) is 3.72. The van der Waals surface area contributed by atoms with Crippen molar-refractivity contribution in [3.8, 4) is 0 Å². The van der Waals surface area contributed by atoms with Crippen LogP contribution in [0.2, 0.25) is 0 Å². The lowest BCUT2D eigenvalue weighted by Crippen LogP contribution is -2.49. The van der Waals surface area contributed by atoms with Crippen molar-refractivity contribution in [3.05, 3.63) is 53.5 Å². The van der Waals surface area contributed by atoms with Gasteiger partial charge in [-0.25, -0.2) is 9.37 Å². The fourth-order valence-corrected chi connectivity index (χ4v) is 3.56. The number of Topliss-reactive ketones (excluding diaryl/α,β-unsaturated/α-hetero) is 1. The molecule has 0 saturated carbocycles. The number of benzene rings is 1. The van der Waals surface area contributed by atoms with Crippen LogP contribution >= 0.6 is 11.8 Å². The standard InChI is InChI=1S/C19H20FN3O2S/c1-13(24)14-5-6-17(16(20)12-14)22-8-10-23(11-9-22)19(25)15-4-3-7-21-18(15)26-2/h3-7,12H,8-11H2,1-2H3. The summed E-state index contributed by atoms with van der Waals surface area (Å²) in [5.41, 5.74) is 1.43. The van der Waals surface area contributed by atoms with Crippen molar-refractivity contribution < 1.29 is 14.0 Å². The lowest BCUT2D eigenvalue weighted by molar-refractivity contribution is 0.0742. The van der Waals surface area contributed by atoms with Gasteiger partial charge in [0.15, 0.2) is 5.78 Å². The van der Waals surface area contributed by atoms with Gasteiger partial charge in [-0.15, -0.1) is 11.8 Å². The predicted octanol–water partition coefficient (Wildman–Crippen LogP) is 3.11. The molecule has 5 nitrogen and oxygen atoms in total. The molecular formula is C19H20FN3O2S. The molecular weight excluding hydrogens is 353 g/mol. The van der Waals surface area contributed by atoms with E-state index < -0.39 is 5.82 Å². The fourth-order valence-electron chi connectivity index (χ4n) is 3.02. The maximum absolute atomic E-state index is 14.3. The number of anilines is 1. The van der Waals surface area contributed by atoms with Crippen LogP contribution < -0.4 is 4.90 Å². The van der Waals surface area contributed by atoms with Gasteiger partial charge < -0.3 is 9.80 Å². The van der Waals surface area contributed by atoms with E-state index in [1.54, 1.807) is 35.4 Å². The van der Waals surface area contributed by atoms with Crippen molar-refractivity contribution >= 4 is 29.1 Å². The number of hydrogen-bond acceptors (Lipinski definition) is 5. The molecule has 3 rings (SSSR count). The van der Waals surface area contributed by atoms with Crippen molar-refractivity contribution in [2.45, 2.75) is 11.9 Å². The molecule has 1 fully saturated rings. The fraction of sp³-hybridized carbons (Fsp3) is 0.316. The summed E-state index contributed by atoms with van der Waals surface area (Å²) in [7, 11) is 0. The van der Waals surface area contributed by atoms with Crippen LogP contribution in [0.1, 0.15) is 27.6 Å². The number of halogens is 1. The number of rotatable bonds is 4. The maximum Gasteiger partial charge on any atom is 0.256 e. The summed E-state index contributed by atoms with van der Waals surface area (Å²) in [6, 6.07) is 8.09. The molecule has 1 aliphatic rings. The number of nitrogens with zero attached hydrogens (tertiary/aromatic N) is 3. The van der Waals surface area contributed by atoms with Crippen molar-refractivity contribution in [1.29, 1.82) is 0 Å². The molecule has 26 heavy (non-hydrogen) atoms. The van der Waals surface area contributed by atoms with E-state index in [1.165, 1.54) is 24.8 Å². The van der Waals surface area contributed by atoms with Gasteiger partial charge >= 0.3 is 0 Å². The van der Waals surface area contributed by atoms with Crippen LogP contribution in [0.15, 0.2) is 41.6 Å². The zero-order valence-corrected chi connectivity index (χ0v) is 15.6. The molecule has 7 heteroatoms. The first kappa shape index (κ1) is 18.4. The lowest BCUT2D eigenvalue weighted by atomic mass is 10.1. The van der Waals surface area contributed by atoms with Crippen LogP contribution in [0.3, 0.4) is 0 Å². The second-order valence-electron chi connectivity index (χ2n) is 6.06. The molecule has 1 aromatic carbocycles.